The third-order valence-electron chi connectivity index (χ3n) is 3.34. The molecule has 0 radical (unpaired) electrons. The number of nitrogens with zero attached hydrogens (tertiary/aromatic N) is 4. The van der Waals surface area contributed by atoms with Crippen molar-refractivity contribution in [2.75, 3.05) is 23.3 Å². The first-order valence-corrected chi connectivity index (χ1v) is 7.53. The third kappa shape index (κ3) is 3.83. The molecule has 1 aliphatic rings. The van der Waals surface area contributed by atoms with Gasteiger partial charge in [0.1, 0.15) is 17.5 Å². The minimum absolute atomic E-state index is 0.542. The third-order valence-corrected chi connectivity index (χ3v) is 3.34. The second kappa shape index (κ2) is 7.09. The topological polar surface area (TPSA) is 64.8 Å². The number of aromatic nitrogens is 2. The number of hydrogen-bond donors (Lipinski definition) is 1. The van der Waals surface area contributed by atoms with E-state index in [1.807, 2.05) is 6.07 Å². The zero-order chi connectivity index (χ0) is 14.4. The summed E-state index contributed by atoms with van der Waals surface area (Å²) in [5.41, 5.74) is 0. The van der Waals surface area contributed by atoms with E-state index in [0.29, 0.717) is 12.5 Å². The van der Waals surface area contributed by atoms with E-state index in [2.05, 4.69) is 40.1 Å². The maximum Gasteiger partial charge on any atom is 0.134 e. The SMILES string of the molecule is CCCc1nc(NCC)cc(N(CCC#N)C2CC2)n1. The van der Waals surface area contributed by atoms with Crippen molar-refractivity contribution >= 4 is 11.6 Å². The van der Waals surface area contributed by atoms with E-state index in [0.717, 1.165) is 43.4 Å². The first-order valence-electron chi connectivity index (χ1n) is 7.53. The van der Waals surface area contributed by atoms with E-state index >= 15 is 0 Å². The fourth-order valence-electron chi connectivity index (χ4n) is 2.28. The van der Waals surface area contributed by atoms with Crippen LogP contribution in [0.5, 0.6) is 0 Å². The summed E-state index contributed by atoms with van der Waals surface area (Å²) in [7, 11) is 0. The number of rotatable bonds is 8. The molecule has 0 unspecified atom stereocenters. The summed E-state index contributed by atoms with van der Waals surface area (Å²) >= 11 is 0. The molecular weight excluding hydrogens is 250 g/mol. The molecule has 108 valence electrons. The lowest BCUT2D eigenvalue weighted by Gasteiger charge is -2.23. The van der Waals surface area contributed by atoms with Gasteiger partial charge in [0.15, 0.2) is 0 Å². The van der Waals surface area contributed by atoms with Crippen LogP contribution in [0.25, 0.3) is 0 Å². The lowest BCUT2D eigenvalue weighted by molar-refractivity contribution is 0.757. The summed E-state index contributed by atoms with van der Waals surface area (Å²) in [6, 6.07) is 4.80. The van der Waals surface area contributed by atoms with Crippen LogP contribution in [-0.4, -0.2) is 29.1 Å². The fraction of sp³-hybridized carbons (Fsp3) is 0.667. The van der Waals surface area contributed by atoms with E-state index in [-0.39, 0.29) is 0 Å². The minimum atomic E-state index is 0.542. The van der Waals surface area contributed by atoms with Crippen LogP contribution < -0.4 is 10.2 Å². The van der Waals surface area contributed by atoms with Crippen molar-refractivity contribution < 1.29 is 0 Å². The smallest absolute Gasteiger partial charge is 0.134 e. The Morgan fingerprint density at radius 3 is 2.80 bits per heavy atom. The molecule has 0 saturated heterocycles. The first kappa shape index (κ1) is 14.6. The molecule has 0 atom stereocenters. The Bertz CT molecular complexity index is 451. The molecule has 1 aromatic heterocycles. The van der Waals surface area contributed by atoms with Gasteiger partial charge in [-0.05, 0) is 26.2 Å². The maximum absolute atomic E-state index is 8.82. The fourth-order valence-corrected chi connectivity index (χ4v) is 2.28. The van der Waals surface area contributed by atoms with Gasteiger partial charge >= 0.3 is 0 Å². The molecule has 1 fully saturated rings. The van der Waals surface area contributed by atoms with E-state index < -0.39 is 0 Å². The molecule has 0 aliphatic heterocycles. The second-order valence-electron chi connectivity index (χ2n) is 5.14. The van der Waals surface area contributed by atoms with Gasteiger partial charge in [-0.25, -0.2) is 9.97 Å². The highest BCUT2D eigenvalue weighted by Gasteiger charge is 2.30. The van der Waals surface area contributed by atoms with Gasteiger partial charge in [-0.15, -0.1) is 0 Å². The highest BCUT2D eigenvalue weighted by atomic mass is 15.2. The van der Waals surface area contributed by atoms with Crippen LogP contribution in [0, 0.1) is 11.3 Å². The Morgan fingerprint density at radius 2 is 2.20 bits per heavy atom. The minimum Gasteiger partial charge on any atom is -0.370 e. The molecule has 1 aliphatic carbocycles. The van der Waals surface area contributed by atoms with Crippen molar-refractivity contribution in [3.63, 3.8) is 0 Å². The van der Waals surface area contributed by atoms with Crippen molar-refractivity contribution in [1.29, 1.82) is 5.26 Å². The van der Waals surface area contributed by atoms with Crippen molar-refractivity contribution in [3.8, 4) is 6.07 Å². The summed E-state index contributed by atoms with van der Waals surface area (Å²) in [5.74, 6) is 2.75. The van der Waals surface area contributed by atoms with Gasteiger partial charge in [0.05, 0.1) is 12.5 Å². The number of nitriles is 1. The van der Waals surface area contributed by atoms with Gasteiger partial charge in [-0.3, -0.25) is 0 Å². The van der Waals surface area contributed by atoms with E-state index in [4.69, 9.17) is 5.26 Å². The number of aryl methyl sites for hydroxylation is 1. The Morgan fingerprint density at radius 1 is 1.40 bits per heavy atom. The zero-order valence-corrected chi connectivity index (χ0v) is 12.4. The van der Waals surface area contributed by atoms with Crippen LogP contribution in [0.1, 0.15) is 45.4 Å². The molecule has 1 saturated carbocycles. The van der Waals surface area contributed by atoms with Gasteiger partial charge in [0, 0.05) is 31.6 Å². The van der Waals surface area contributed by atoms with Gasteiger partial charge in [-0.2, -0.15) is 5.26 Å². The molecule has 0 amide bonds. The molecule has 5 nitrogen and oxygen atoms in total. The van der Waals surface area contributed by atoms with E-state index in [9.17, 15) is 0 Å². The predicted molar refractivity (Wildman–Crippen MR) is 80.8 cm³/mol. The van der Waals surface area contributed by atoms with Crippen LogP contribution in [0.4, 0.5) is 11.6 Å². The molecule has 1 heterocycles. The monoisotopic (exact) mass is 273 g/mol. The predicted octanol–water partition coefficient (Wildman–Crippen LogP) is 2.74. The van der Waals surface area contributed by atoms with E-state index in [1.54, 1.807) is 0 Å². The second-order valence-corrected chi connectivity index (χ2v) is 5.14. The van der Waals surface area contributed by atoms with Gasteiger partial charge in [0.25, 0.3) is 0 Å². The summed E-state index contributed by atoms with van der Waals surface area (Å²) < 4.78 is 0. The molecule has 0 bridgehead atoms. The lowest BCUT2D eigenvalue weighted by atomic mass is 10.3. The highest BCUT2D eigenvalue weighted by molar-refractivity contribution is 5.51. The first-order chi connectivity index (χ1) is 9.78. The summed E-state index contributed by atoms with van der Waals surface area (Å²) in [6.07, 6.45) is 4.88. The molecule has 1 aromatic rings. The molecule has 0 aromatic carbocycles. The average Bonchev–Trinajstić information content (AvgIpc) is 3.24. The average molecular weight is 273 g/mol. The Hall–Kier alpha value is -1.83. The van der Waals surface area contributed by atoms with Crippen LogP contribution >= 0.6 is 0 Å². The van der Waals surface area contributed by atoms with Crippen molar-refractivity contribution in [2.24, 2.45) is 0 Å². The van der Waals surface area contributed by atoms with Crippen LogP contribution in [0.2, 0.25) is 0 Å². The largest absolute Gasteiger partial charge is 0.370 e. The summed E-state index contributed by atoms with van der Waals surface area (Å²) in [6.45, 7) is 5.81. The Labute approximate surface area is 121 Å². The number of nitrogens with one attached hydrogen (secondary N) is 1. The van der Waals surface area contributed by atoms with Crippen LogP contribution in [-0.2, 0) is 6.42 Å². The molecule has 1 N–H and O–H groups in total. The van der Waals surface area contributed by atoms with Crippen molar-refractivity contribution in [3.05, 3.63) is 11.9 Å². The Balaban J connectivity index is 2.24. The van der Waals surface area contributed by atoms with E-state index in [1.165, 1.54) is 12.8 Å². The summed E-state index contributed by atoms with van der Waals surface area (Å²) in [5, 5.41) is 12.1. The molecule has 5 heteroatoms. The number of anilines is 2. The van der Waals surface area contributed by atoms with Crippen molar-refractivity contribution in [1.82, 2.24) is 9.97 Å². The molecule has 0 spiro atoms. The molecule has 2 rings (SSSR count). The Kier molecular flexibility index (Phi) is 5.16. The maximum atomic E-state index is 8.82. The quantitative estimate of drug-likeness (QED) is 0.789. The zero-order valence-electron chi connectivity index (χ0n) is 12.4. The normalized spacial score (nSPS) is 13.8. The van der Waals surface area contributed by atoms with Gasteiger partial charge in [-0.1, -0.05) is 6.92 Å². The number of hydrogen-bond acceptors (Lipinski definition) is 5. The van der Waals surface area contributed by atoms with Gasteiger partial charge < -0.3 is 10.2 Å². The lowest BCUT2D eigenvalue weighted by Crippen LogP contribution is -2.28. The molecule has 20 heavy (non-hydrogen) atoms. The molecular formula is C15H23N5. The van der Waals surface area contributed by atoms with Crippen LogP contribution in [0.15, 0.2) is 6.07 Å². The van der Waals surface area contributed by atoms with Crippen LogP contribution in [0.3, 0.4) is 0 Å². The summed E-state index contributed by atoms with van der Waals surface area (Å²) in [4.78, 5) is 11.5. The standard InChI is InChI=1S/C15H23N5/c1-3-6-13-18-14(17-4-2)11-15(19-13)20(10-5-9-16)12-7-8-12/h11-12H,3-8,10H2,1-2H3,(H,17,18,19). The van der Waals surface area contributed by atoms with Gasteiger partial charge in [0.2, 0.25) is 0 Å². The van der Waals surface area contributed by atoms with Crippen molar-refractivity contribution in [2.45, 2.75) is 52.0 Å². The highest BCUT2D eigenvalue weighted by Crippen LogP contribution is 2.31.